The molecule has 3 rings (SSSR count). The zero-order valence-corrected chi connectivity index (χ0v) is 23.3. The SMILES string of the molecule is CCC(C)(C(=O)O)C(=O)OCCCc1ccccc1.O=C(O)C(C(=O)O)=C(C1CCCCC1)C1CCCCC1. The molecule has 216 valence electrons. The average molecular weight is 545 g/mol. The topological polar surface area (TPSA) is 138 Å². The molecule has 0 heterocycles. The number of benzene rings is 1. The maximum Gasteiger partial charge on any atom is 0.343 e. The highest BCUT2D eigenvalue weighted by molar-refractivity contribution is 6.13. The fourth-order valence-electron chi connectivity index (χ4n) is 5.54. The number of allylic oxidation sites excluding steroid dienone is 1. The normalized spacial score (nSPS) is 17.6. The minimum absolute atomic E-state index is 0.175. The van der Waals surface area contributed by atoms with Crippen LogP contribution in [-0.4, -0.2) is 45.8 Å². The number of carboxylic acid groups (broad SMARTS) is 3. The lowest BCUT2D eigenvalue weighted by molar-refractivity contribution is -0.167. The van der Waals surface area contributed by atoms with Gasteiger partial charge >= 0.3 is 23.9 Å². The van der Waals surface area contributed by atoms with Crippen LogP contribution in [-0.2, 0) is 30.3 Å². The maximum absolute atomic E-state index is 11.7. The van der Waals surface area contributed by atoms with Crippen LogP contribution in [0.1, 0.15) is 96.5 Å². The van der Waals surface area contributed by atoms with E-state index in [0.29, 0.717) is 6.42 Å². The van der Waals surface area contributed by atoms with Crippen molar-refractivity contribution >= 4 is 23.9 Å². The Balaban J connectivity index is 0.000000274. The van der Waals surface area contributed by atoms with Crippen LogP contribution in [0.25, 0.3) is 0 Å². The van der Waals surface area contributed by atoms with Crippen molar-refractivity contribution in [2.45, 2.75) is 97.3 Å². The first kappa shape index (κ1) is 32.1. The van der Waals surface area contributed by atoms with Gasteiger partial charge in [-0.15, -0.1) is 0 Å². The molecule has 2 saturated carbocycles. The van der Waals surface area contributed by atoms with Crippen LogP contribution in [0.2, 0.25) is 0 Å². The second-order valence-corrected chi connectivity index (χ2v) is 10.8. The van der Waals surface area contributed by atoms with Gasteiger partial charge in [0.05, 0.1) is 6.61 Å². The number of aryl methyl sites for hydroxylation is 1. The Labute approximate surface area is 231 Å². The number of hydrogen-bond acceptors (Lipinski definition) is 5. The number of ether oxygens (including phenoxy) is 1. The fourth-order valence-corrected chi connectivity index (χ4v) is 5.54. The Morgan fingerprint density at radius 2 is 1.31 bits per heavy atom. The van der Waals surface area contributed by atoms with Crippen molar-refractivity contribution in [3.05, 3.63) is 47.0 Å². The summed E-state index contributed by atoms with van der Waals surface area (Å²) in [7, 11) is 0. The van der Waals surface area contributed by atoms with Crippen molar-refractivity contribution in [3.8, 4) is 0 Å². The van der Waals surface area contributed by atoms with E-state index in [1.165, 1.54) is 25.3 Å². The maximum atomic E-state index is 11.7. The molecule has 1 atom stereocenters. The molecule has 2 fully saturated rings. The number of carboxylic acids is 3. The minimum atomic E-state index is -1.44. The molecule has 0 amide bonds. The summed E-state index contributed by atoms with van der Waals surface area (Å²) < 4.78 is 5.06. The molecule has 8 nitrogen and oxygen atoms in total. The monoisotopic (exact) mass is 544 g/mol. The molecular weight excluding hydrogens is 500 g/mol. The summed E-state index contributed by atoms with van der Waals surface area (Å²) in [5, 5.41) is 27.7. The third kappa shape index (κ3) is 9.52. The van der Waals surface area contributed by atoms with E-state index in [0.717, 1.165) is 63.4 Å². The molecule has 0 spiro atoms. The van der Waals surface area contributed by atoms with Gasteiger partial charge in [-0.3, -0.25) is 9.59 Å². The number of hydrogen-bond donors (Lipinski definition) is 3. The van der Waals surface area contributed by atoms with Crippen LogP contribution in [0.3, 0.4) is 0 Å². The predicted octanol–water partition coefficient (Wildman–Crippen LogP) is 6.28. The highest BCUT2D eigenvalue weighted by Gasteiger charge is 2.41. The number of rotatable bonds is 11. The Morgan fingerprint density at radius 3 is 1.72 bits per heavy atom. The van der Waals surface area contributed by atoms with Crippen LogP contribution in [0, 0.1) is 17.3 Å². The zero-order valence-electron chi connectivity index (χ0n) is 23.3. The summed E-state index contributed by atoms with van der Waals surface area (Å²) in [4.78, 5) is 45.7. The van der Waals surface area contributed by atoms with Gasteiger partial charge in [-0.2, -0.15) is 0 Å². The van der Waals surface area contributed by atoms with Gasteiger partial charge in [0, 0.05) is 0 Å². The van der Waals surface area contributed by atoms with Gasteiger partial charge in [0.2, 0.25) is 0 Å². The highest BCUT2D eigenvalue weighted by atomic mass is 16.5. The van der Waals surface area contributed by atoms with Crippen molar-refractivity contribution < 1.29 is 39.2 Å². The predicted molar refractivity (Wildman–Crippen MR) is 147 cm³/mol. The molecule has 1 unspecified atom stereocenters. The van der Waals surface area contributed by atoms with E-state index in [1.54, 1.807) is 6.92 Å². The van der Waals surface area contributed by atoms with E-state index >= 15 is 0 Å². The van der Waals surface area contributed by atoms with Gasteiger partial charge in [-0.25, -0.2) is 9.59 Å². The van der Waals surface area contributed by atoms with E-state index < -0.39 is 29.3 Å². The van der Waals surface area contributed by atoms with Crippen molar-refractivity contribution in [2.24, 2.45) is 17.3 Å². The Hall–Kier alpha value is -3.16. The molecule has 0 saturated heterocycles. The number of esters is 1. The molecule has 8 heteroatoms. The van der Waals surface area contributed by atoms with Gasteiger partial charge in [0.1, 0.15) is 5.57 Å². The quantitative estimate of drug-likeness (QED) is 0.0973. The molecule has 1 aromatic carbocycles. The third-order valence-corrected chi connectivity index (χ3v) is 8.12. The molecule has 3 N–H and O–H groups in total. The third-order valence-electron chi connectivity index (χ3n) is 8.12. The summed E-state index contributed by atoms with van der Waals surface area (Å²) >= 11 is 0. The van der Waals surface area contributed by atoms with E-state index in [2.05, 4.69) is 0 Å². The minimum Gasteiger partial charge on any atom is -0.480 e. The first-order chi connectivity index (χ1) is 18.6. The standard InChI is InChI=1S/C16H24O4.C15H20O4/c17-15(18)14(16(19)20)13(11-7-3-1-4-8-11)12-9-5-2-6-10-12;1-3-15(2,13(16)17)14(18)19-11-7-10-12-8-5-4-6-9-12/h11-12H,1-10H2,(H,17,18)(H,19,20);4-6,8-9H,3,7,10-11H2,1-2H3,(H,16,17). The molecular formula is C31H44O8. The summed E-state index contributed by atoms with van der Waals surface area (Å²) in [6.45, 7) is 3.31. The Kier molecular flexibility index (Phi) is 13.2. The van der Waals surface area contributed by atoms with Gasteiger partial charge in [-0.1, -0.05) is 75.8 Å². The summed E-state index contributed by atoms with van der Waals surface area (Å²) in [5.74, 6) is -3.96. The molecule has 1 aromatic rings. The number of aliphatic carboxylic acids is 3. The zero-order chi connectivity index (χ0) is 28.8. The highest BCUT2D eigenvalue weighted by Crippen LogP contribution is 2.41. The van der Waals surface area contributed by atoms with Gasteiger partial charge in [-0.05, 0) is 74.8 Å². The summed E-state index contributed by atoms with van der Waals surface area (Å²) in [6, 6.07) is 9.88. The van der Waals surface area contributed by atoms with Crippen molar-refractivity contribution in [2.75, 3.05) is 6.61 Å². The molecule has 0 aromatic heterocycles. The molecule has 0 aliphatic heterocycles. The van der Waals surface area contributed by atoms with Crippen LogP contribution >= 0.6 is 0 Å². The first-order valence-corrected chi connectivity index (χ1v) is 14.3. The van der Waals surface area contributed by atoms with Crippen LogP contribution in [0.15, 0.2) is 41.5 Å². The van der Waals surface area contributed by atoms with Gasteiger partial charge < -0.3 is 20.1 Å². The second-order valence-electron chi connectivity index (χ2n) is 10.8. The first-order valence-electron chi connectivity index (χ1n) is 14.3. The second kappa shape index (κ2) is 16.1. The lowest BCUT2D eigenvalue weighted by Gasteiger charge is -2.33. The van der Waals surface area contributed by atoms with Crippen molar-refractivity contribution in [1.29, 1.82) is 0 Å². The summed E-state index contributed by atoms with van der Waals surface area (Å²) in [6.07, 6.45) is 12.3. The molecule has 2 aliphatic carbocycles. The van der Waals surface area contributed by atoms with E-state index in [-0.39, 0.29) is 30.4 Å². The molecule has 0 radical (unpaired) electrons. The smallest absolute Gasteiger partial charge is 0.343 e. The van der Waals surface area contributed by atoms with E-state index in [1.807, 2.05) is 30.3 Å². The van der Waals surface area contributed by atoms with Crippen LogP contribution < -0.4 is 0 Å². The molecule has 39 heavy (non-hydrogen) atoms. The molecule has 0 bridgehead atoms. The lowest BCUT2D eigenvalue weighted by atomic mass is 9.72. The largest absolute Gasteiger partial charge is 0.480 e. The van der Waals surface area contributed by atoms with Crippen LogP contribution in [0.5, 0.6) is 0 Å². The van der Waals surface area contributed by atoms with E-state index in [4.69, 9.17) is 9.84 Å². The fraction of sp³-hybridized carbons (Fsp3) is 0.613. The van der Waals surface area contributed by atoms with Crippen molar-refractivity contribution in [1.82, 2.24) is 0 Å². The van der Waals surface area contributed by atoms with Gasteiger partial charge in [0.15, 0.2) is 5.41 Å². The average Bonchev–Trinajstić information content (AvgIpc) is 2.94. The van der Waals surface area contributed by atoms with E-state index in [9.17, 15) is 29.4 Å². The Bertz CT molecular complexity index is 951. The molecule has 2 aliphatic rings. The lowest BCUT2D eigenvalue weighted by Crippen LogP contribution is -2.37. The van der Waals surface area contributed by atoms with Crippen molar-refractivity contribution in [3.63, 3.8) is 0 Å². The van der Waals surface area contributed by atoms with Crippen LogP contribution in [0.4, 0.5) is 0 Å². The Morgan fingerprint density at radius 1 is 0.821 bits per heavy atom. The number of carbonyl (C=O) groups excluding carboxylic acids is 1. The summed E-state index contributed by atoms with van der Waals surface area (Å²) in [5.41, 5.74) is 0.162. The number of carbonyl (C=O) groups is 4. The van der Waals surface area contributed by atoms with Gasteiger partial charge in [0.25, 0.3) is 0 Å².